The van der Waals surface area contributed by atoms with Gasteiger partial charge >= 0.3 is 0 Å². The Labute approximate surface area is 160 Å². The molecule has 3 aromatic heterocycles. The van der Waals surface area contributed by atoms with Gasteiger partial charge in [0.05, 0.1) is 18.7 Å². The lowest BCUT2D eigenvalue weighted by Gasteiger charge is -2.01. The molecule has 3 aromatic rings. The summed E-state index contributed by atoms with van der Waals surface area (Å²) in [6.07, 6.45) is 0.324. The van der Waals surface area contributed by atoms with Crippen LogP contribution in [0.25, 0.3) is 0 Å². The number of aromatic nitrogens is 2. The van der Waals surface area contributed by atoms with Crippen molar-refractivity contribution in [3.63, 3.8) is 0 Å². The third-order valence-corrected chi connectivity index (χ3v) is 6.66. The number of hydrogen-bond donors (Lipinski definition) is 2. The van der Waals surface area contributed by atoms with Crippen molar-refractivity contribution in [1.29, 1.82) is 0 Å². The summed E-state index contributed by atoms with van der Waals surface area (Å²) in [7, 11) is 0. The molecule has 0 unspecified atom stereocenters. The lowest BCUT2D eigenvalue weighted by atomic mass is 10.3. The molecule has 0 fully saturated rings. The quantitative estimate of drug-likeness (QED) is 0.440. The molecule has 130 valence electrons. The van der Waals surface area contributed by atoms with Gasteiger partial charge in [-0.1, -0.05) is 35.2 Å². The topological polar surface area (TPSA) is 84.0 Å². The molecule has 0 saturated carbocycles. The smallest absolute Gasteiger partial charge is 0.231 e. The number of thioether (sulfide) groups is 1. The number of nitrogens with zero attached hydrogens (tertiary/aromatic N) is 2. The van der Waals surface area contributed by atoms with Gasteiger partial charge in [0.25, 0.3) is 0 Å². The van der Waals surface area contributed by atoms with Crippen molar-refractivity contribution in [2.24, 2.45) is 0 Å². The second-order valence-corrected chi connectivity index (χ2v) is 9.09. The summed E-state index contributed by atoms with van der Waals surface area (Å²) in [5.41, 5.74) is 0. The monoisotopic (exact) mass is 410 g/mol. The van der Waals surface area contributed by atoms with Crippen molar-refractivity contribution >= 4 is 62.7 Å². The van der Waals surface area contributed by atoms with Crippen molar-refractivity contribution in [2.75, 3.05) is 11.1 Å². The van der Waals surface area contributed by atoms with Gasteiger partial charge in [-0.3, -0.25) is 9.59 Å². The number of carbonyl (C=O) groups excluding carboxylic acids is 2. The first-order valence-electron chi connectivity index (χ1n) is 7.26. The maximum atomic E-state index is 11.9. The van der Waals surface area contributed by atoms with Gasteiger partial charge in [-0.15, -0.1) is 32.9 Å². The van der Waals surface area contributed by atoms with Crippen LogP contribution >= 0.6 is 45.8 Å². The number of nitrogens with one attached hydrogen (secondary N) is 2. The highest BCUT2D eigenvalue weighted by molar-refractivity contribution is 8.01. The van der Waals surface area contributed by atoms with Crippen LogP contribution in [0.5, 0.6) is 0 Å². The van der Waals surface area contributed by atoms with E-state index in [1.165, 1.54) is 23.1 Å². The summed E-state index contributed by atoms with van der Waals surface area (Å²) in [6.45, 7) is 0.539. The van der Waals surface area contributed by atoms with E-state index in [2.05, 4.69) is 20.8 Å². The molecule has 0 aliphatic carbocycles. The molecule has 10 heteroatoms. The molecule has 2 N–H and O–H groups in total. The molecule has 0 aliphatic rings. The standard InChI is InChI=1S/C15H14N4O2S4/c20-12(7-10-3-1-5-22-10)17-14-18-19-15(25-14)24-9-13(21)16-8-11-4-2-6-23-11/h1-6H,7-9H2,(H,16,21)(H,17,18,20). The summed E-state index contributed by atoms with van der Waals surface area (Å²) >= 11 is 5.72. The first-order chi connectivity index (χ1) is 12.2. The average molecular weight is 411 g/mol. The van der Waals surface area contributed by atoms with E-state index < -0.39 is 0 Å². The summed E-state index contributed by atoms with van der Waals surface area (Å²) in [6, 6.07) is 7.77. The first kappa shape index (κ1) is 18.1. The highest BCUT2D eigenvalue weighted by Gasteiger charge is 2.11. The molecule has 2 amide bonds. The van der Waals surface area contributed by atoms with Crippen LogP contribution in [0.4, 0.5) is 5.13 Å². The minimum absolute atomic E-state index is 0.0584. The molecule has 3 heterocycles. The van der Waals surface area contributed by atoms with E-state index in [1.54, 1.807) is 22.7 Å². The van der Waals surface area contributed by atoms with Crippen LogP contribution in [0.3, 0.4) is 0 Å². The summed E-state index contributed by atoms with van der Waals surface area (Å²) in [5, 5.41) is 17.9. The van der Waals surface area contributed by atoms with Gasteiger partial charge < -0.3 is 10.6 Å². The van der Waals surface area contributed by atoms with Crippen molar-refractivity contribution in [1.82, 2.24) is 15.5 Å². The molecular weight excluding hydrogens is 396 g/mol. The zero-order valence-corrected chi connectivity index (χ0v) is 16.2. The molecular formula is C15H14N4O2S4. The summed E-state index contributed by atoms with van der Waals surface area (Å²) < 4.78 is 0.651. The average Bonchev–Trinajstić information content (AvgIpc) is 3.34. The van der Waals surface area contributed by atoms with Crippen LogP contribution in [0.2, 0.25) is 0 Å². The third kappa shape index (κ3) is 5.92. The minimum Gasteiger partial charge on any atom is -0.350 e. The van der Waals surface area contributed by atoms with Crippen LogP contribution in [0.15, 0.2) is 39.4 Å². The van der Waals surface area contributed by atoms with Crippen molar-refractivity contribution in [3.05, 3.63) is 44.8 Å². The number of thiophene rings is 2. The van der Waals surface area contributed by atoms with Gasteiger partial charge in [0.2, 0.25) is 16.9 Å². The summed E-state index contributed by atoms with van der Waals surface area (Å²) in [4.78, 5) is 25.9. The molecule has 0 radical (unpaired) electrons. The zero-order chi connectivity index (χ0) is 17.5. The Balaban J connectivity index is 1.40. The molecule has 0 saturated heterocycles. The Morgan fingerprint density at radius 3 is 2.52 bits per heavy atom. The second kappa shape index (κ2) is 9.09. The van der Waals surface area contributed by atoms with E-state index in [9.17, 15) is 9.59 Å². The van der Waals surface area contributed by atoms with Gasteiger partial charge in [0.15, 0.2) is 4.34 Å². The van der Waals surface area contributed by atoms with Crippen molar-refractivity contribution < 1.29 is 9.59 Å². The SMILES string of the molecule is O=C(CSc1nnc(NC(=O)Cc2cccs2)s1)NCc1cccs1. The van der Waals surface area contributed by atoms with E-state index >= 15 is 0 Å². The number of rotatable bonds is 8. The molecule has 3 rings (SSSR count). The third-order valence-electron chi connectivity index (χ3n) is 2.93. The van der Waals surface area contributed by atoms with Crippen LogP contribution in [-0.4, -0.2) is 27.8 Å². The number of hydrogen-bond acceptors (Lipinski definition) is 8. The minimum atomic E-state index is -0.121. The largest absolute Gasteiger partial charge is 0.350 e. The van der Waals surface area contributed by atoms with Crippen molar-refractivity contribution in [2.45, 2.75) is 17.3 Å². The van der Waals surface area contributed by atoms with E-state index in [1.807, 2.05) is 35.0 Å². The Morgan fingerprint density at radius 1 is 1.04 bits per heavy atom. The molecule has 0 bridgehead atoms. The van der Waals surface area contributed by atoms with Gasteiger partial charge in [0, 0.05) is 9.75 Å². The Bertz CT molecular complexity index is 815. The summed E-state index contributed by atoms with van der Waals surface area (Å²) in [5.74, 6) is 0.0871. The van der Waals surface area contributed by atoms with E-state index in [4.69, 9.17) is 0 Å². The Hall–Kier alpha value is -1.75. The van der Waals surface area contributed by atoms with E-state index in [-0.39, 0.29) is 17.6 Å². The molecule has 6 nitrogen and oxygen atoms in total. The highest BCUT2D eigenvalue weighted by atomic mass is 32.2. The van der Waals surface area contributed by atoms with Gasteiger partial charge in [0.1, 0.15) is 0 Å². The molecule has 25 heavy (non-hydrogen) atoms. The Kier molecular flexibility index (Phi) is 6.56. The van der Waals surface area contributed by atoms with Crippen LogP contribution < -0.4 is 10.6 Å². The fraction of sp³-hybridized carbons (Fsp3) is 0.200. The lowest BCUT2D eigenvalue weighted by Crippen LogP contribution is -2.24. The fourth-order valence-corrected chi connectivity index (χ4v) is 4.78. The number of anilines is 1. The first-order valence-corrected chi connectivity index (χ1v) is 10.8. The van der Waals surface area contributed by atoms with Crippen LogP contribution in [0.1, 0.15) is 9.75 Å². The molecule has 0 atom stereocenters. The van der Waals surface area contributed by atoms with Crippen molar-refractivity contribution in [3.8, 4) is 0 Å². The van der Waals surface area contributed by atoms with Gasteiger partial charge in [-0.05, 0) is 22.9 Å². The molecule has 0 aromatic carbocycles. The highest BCUT2D eigenvalue weighted by Crippen LogP contribution is 2.25. The fourth-order valence-electron chi connectivity index (χ4n) is 1.83. The number of amides is 2. The molecule has 0 spiro atoms. The van der Waals surface area contributed by atoms with Gasteiger partial charge in [-0.25, -0.2) is 0 Å². The maximum absolute atomic E-state index is 11.9. The van der Waals surface area contributed by atoms with E-state index in [0.717, 1.165) is 9.75 Å². The molecule has 0 aliphatic heterocycles. The second-order valence-electron chi connectivity index (χ2n) is 4.82. The van der Waals surface area contributed by atoms with Crippen LogP contribution in [-0.2, 0) is 22.6 Å². The predicted octanol–water partition coefficient (Wildman–Crippen LogP) is 3.25. The maximum Gasteiger partial charge on any atom is 0.231 e. The van der Waals surface area contributed by atoms with Crippen LogP contribution in [0, 0.1) is 0 Å². The number of carbonyl (C=O) groups is 2. The van der Waals surface area contributed by atoms with Gasteiger partial charge in [-0.2, -0.15) is 0 Å². The Morgan fingerprint density at radius 2 is 1.80 bits per heavy atom. The zero-order valence-electron chi connectivity index (χ0n) is 12.9. The normalized spacial score (nSPS) is 10.6. The predicted molar refractivity (Wildman–Crippen MR) is 103 cm³/mol. The lowest BCUT2D eigenvalue weighted by molar-refractivity contribution is -0.118. The van der Waals surface area contributed by atoms with E-state index in [0.29, 0.717) is 22.4 Å².